The monoisotopic (exact) mass is 365 g/mol. The summed E-state index contributed by atoms with van der Waals surface area (Å²) in [5, 5.41) is 0.491. The Labute approximate surface area is 156 Å². The quantitative estimate of drug-likeness (QED) is 0.699. The predicted molar refractivity (Wildman–Crippen MR) is 101 cm³/mol. The number of aromatic nitrogens is 2. The second kappa shape index (κ2) is 6.95. The Morgan fingerprint density at radius 3 is 2.70 bits per heavy atom. The van der Waals surface area contributed by atoms with Gasteiger partial charge in [-0.3, -0.25) is 9.59 Å². The van der Waals surface area contributed by atoms with Crippen molar-refractivity contribution in [2.24, 2.45) is 7.05 Å². The maximum atomic E-state index is 13.3. The minimum absolute atomic E-state index is 0.0702. The molecule has 1 aliphatic rings. The molecule has 1 atom stereocenters. The summed E-state index contributed by atoms with van der Waals surface area (Å²) in [5.41, 5.74) is 1.83. The molecule has 0 saturated carbocycles. The second-order valence-electron chi connectivity index (χ2n) is 6.95. The van der Waals surface area contributed by atoms with Crippen molar-refractivity contribution < 1.29 is 9.18 Å². The van der Waals surface area contributed by atoms with Gasteiger partial charge >= 0.3 is 0 Å². The summed E-state index contributed by atoms with van der Waals surface area (Å²) in [7, 11) is 1.65. The van der Waals surface area contributed by atoms with E-state index in [9.17, 15) is 14.0 Å². The third-order valence-corrected chi connectivity index (χ3v) is 5.18. The molecule has 1 amide bonds. The van der Waals surface area contributed by atoms with Crippen molar-refractivity contribution in [2.45, 2.75) is 25.3 Å². The highest BCUT2D eigenvalue weighted by atomic mass is 19.1. The number of nitrogens with zero attached hydrogens (tertiary/aromatic N) is 3. The first-order valence-corrected chi connectivity index (χ1v) is 9.06. The number of piperidine rings is 1. The van der Waals surface area contributed by atoms with E-state index in [1.54, 1.807) is 37.4 Å². The zero-order valence-corrected chi connectivity index (χ0v) is 15.1. The summed E-state index contributed by atoms with van der Waals surface area (Å²) >= 11 is 0. The molecule has 1 saturated heterocycles. The Morgan fingerprint density at radius 1 is 1.15 bits per heavy atom. The van der Waals surface area contributed by atoms with Crippen molar-refractivity contribution in [3.8, 4) is 0 Å². The Morgan fingerprint density at radius 2 is 1.93 bits per heavy atom. The van der Waals surface area contributed by atoms with Crippen LogP contribution >= 0.6 is 0 Å². The van der Waals surface area contributed by atoms with Crippen molar-refractivity contribution in [3.63, 3.8) is 0 Å². The Bertz CT molecular complexity index is 1060. The van der Waals surface area contributed by atoms with Gasteiger partial charge in [-0.05, 0) is 55.2 Å². The molecule has 0 spiro atoms. The van der Waals surface area contributed by atoms with Gasteiger partial charge in [0.1, 0.15) is 5.82 Å². The number of hydrogen-bond acceptors (Lipinski definition) is 3. The van der Waals surface area contributed by atoms with Gasteiger partial charge in [-0.15, -0.1) is 0 Å². The SMILES string of the molecule is Cn1cnc2cc(C(=O)N3CCCCC3c3ccc(F)cc3)ccc2c1=O. The zero-order chi connectivity index (χ0) is 19.0. The van der Waals surface area contributed by atoms with E-state index in [4.69, 9.17) is 0 Å². The van der Waals surface area contributed by atoms with Crippen LogP contribution in [-0.4, -0.2) is 26.9 Å². The lowest BCUT2D eigenvalue weighted by Crippen LogP contribution is -2.38. The number of rotatable bonds is 2. The maximum absolute atomic E-state index is 13.3. The van der Waals surface area contributed by atoms with Crippen molar-refractivity contribution in [1.82, 2.24) is 14.5 Å². The summed E-state index contributed by atoms with van der Waals surface area (Å²) in [6.07, 6.45) is 4.28. The van der Waals surface area contributed by atoms with Gasteiger partial charge < -0.3 is 9.47 Å². The number of aryl methyl sites for hydroxylation is 1. The molecular formula is C21H20FN3O2. The van der Waals surface area contributed by atoms with Crippen LogP contribution in [0.15, 0.2) is 53.6 Å². The van der Waals surface area contributed by atoms with E-state index < -0.39 is 0 Å². The van der Waals surface area contributed by atoms with Gasteiger partial charge in [0.25, 0.3) is 11.5 Å². The molecule has 1 aliphatic heterocycles. The molecule has 2 heterocycles. The van der Waals surface area contributed by atoms with E-state index in [1.807, 2.05) is 4.90 Å². The van der Waals surface area contributed by atoms with Crippen LogP contribution in [0.2, 0.25) is 0 Å². The van der Waals surface area contributed by atoms with E-state index in [1.165, 1.54) is 23.0 Å². The summed E-state index contributed by atoms with van der Waals surface area (Å²) in [6, 6.07) is 11.3. The fraction of sp³-hybridized carbons (Fsp3) is 0.286. The number of carbonyl (C=O) groups excluding carboxylic acids is 1. The van der Waals surface area contributed by atoms with Crippen LogP contribution in [0.4, 0.5) is 4.39 Å². The predicted octanol–water partition coefficient (Wildman–Crippen LogP) is 3.44. The average Bonchev–Trinajstić information content (AvgIpc) is 2.70. The van der Waals surface area contributed by atoms with Crippen LogP contribution in [0.25, 0.3) is 10.9 Å². The van der Waals surface area contributed by atoms with Gasteiger partial charge in [0.05, 0.1) is 23.3 Å². The molecule has 5 nitrogen and oxygen atoms in total. The van der Waals surface area contributed by atoms with Crippen molar-refractivity contribution in [3.05, 3.63) is 76.1 Å². The Kier molecular flexibility index (Phi) is 4.48. The molecule has 0 N–H and O–H groups in total. The number of benzene rings is 2. The van der Waals surface area contributed by atoms with Crippen molar-refractivity contribution in [1.29, 1.82) is 0 Å². The third-order valence-electron chi connectivity index (χ3n) is 5.18. The van der Waals surface area contributed by atoms with Crippen molar-refractivity contribution in [2.75, 3.05) is 6.54 Å². The van der Waals surface area contributed by atoms with Crippen LogP contribution in [0.5, 0.6) is 0 Å². The van der Waals surface area contributed by atoms with Crippen LogP contribution in [0.1, 0.15) is 41.2 Å². The molecule has 1 aromatic heterocycles. The van der Waals surface area contributed by atoms with Gasteiger partial charge in [-0.2, -0.15) is 0 Å². The van der Waals surface area contributed by atoms with E-state index in [2.05, 4.69) is 4.98 Å². The molecule has 0 radical (unpaired) electrons. The normalized spacial score (nSPS) is 17.3. The molecule has 3 aromatic rings. The largest absolute Gasteiger partial charge is 0.332 e. The Balaban J connectivity index is 1.69. The van der Waals surface area contributed by atoms with Gasteiger partial charge in [0.2, 0.25) is 0 Å². The smallest absolute Gasteiger partial charge is 0.260 e. The maximum Gasteiger partial charge on any atom is 0.260 e. The fourth-order valence-electron chi connectivity index (χ4n) is 3.72. The van der Waals surface area contributed by atoms with Crippen LogP contribution in [-0.2, 0) is 7.05 Å². The van der Waals surface area contributed by atoms with Crippen molar-refractivity contribution >= 4 is 16.8 Å². The van der Waals surface area contributed by atoms with E-state index >= 15 is 0 Å². The summed E-state index contributed by atoms with van der Waals surface area (Å²) < 4.78 is 14.7. The lowest BCUT2D eigenvalue weighted by molar-refractivity contribution is 0.0611. The molecule has 0 bridgehead atoms. The standard InChI is InChI=1S/C21H20FN3O2/c1-24-13-23-18-12-15(7-10-17(18)21(24)27)20(26)25-11-3-2-4-19(25)14-5-8-16(22)9-6-14/h5-10,12-13,19H,2-4,11H2,1H3. The lowest BCUT2D eigenvalue weighted by Gasteiger charge is -2.36. The van der Waals surface area contributed by atoms with E-state index in [0.717, 1.165) is 24.8 Å². The number of hydrogen-bond donors (Lipinski definition) is 0. The van der Waals surface area contributed by atoms with E-state index in [-0.39, 0.29) is 23.3 Å². The van der Waals surface area contributed by atoms with Gasteiger partial charge in [0, 0.05) is 19.2 Å². The molecule has 1 unspecified atom stereocenters. The molecule has 1 fully saturated rings. The number of likely N-dealkylation sites (tertiary alicyclic amines) is 1. The highest BCUT2D eigenvalue weighted by Crippen LogP contribution is 2.32. The molecule has 138 valence electrons. The number of amides is 1. The number of carbonyl (C=O) groups is 1. The molecule has 0 aliphatic carbocycles. The minimum Gasteiger partial charge on any atom is -0.332 e. The summed E-state index contributed by atoms with van der Waals surface area (Å²) in [5.74, 6) is -0.372. The van der Waals surface area contributed by atoms with Gasteiger partial charge in [-0.1, -0.05) is 12.1 Å². The number of halogens is 1. The lowest BCUT2D eigenvalue weighted by atomic mass is 9.94. The molecule has 6 heteroatoms. The molecule has 27 heavy (non-hydrogen) atoms. The van der Waals surface area contributed by atoms with Gasteiger partial charge in [0.15, 0.2) is 0 Å². The Hall–Kier alpha value is -3.02. The second-order valence-corrected chi connectivity index (χ2v) is 6.95. The van der Waals surface area contributed by atoms with Crippen LogP contribution in [0, 0.1) is 5.82 Å². The topological polar surface area (TPSA) is 55.2 Å². The molecule has 4 rings (SSSR count). The van der Waals surface area contributed by atoms with Crippen LogP contribution < -0.4 is 5.56 Å². The van der Waals surface area contributed by atoms with Gasteiger partial charge in [-0.25, -0.2) is 9.37 Å². The summed E-state index contributed by atoms with van der Waals surface area (Å²) in [4.78, 5) is 31.5. The van der Waals surface area contributed by atoms with E-state index in [0.29, 0.717) is 23.0 Å². The van der Waals surface area contributed by atoms with Crippen LogP contribution in [0.3, 0.4) is 0 Å². The number of fused-ring (bicyclic) bond motifs is 1. The first kappa shape index (κ1) is 17.4. The first-order valence-electron chi connectivity index (χ1n) is 9.06. The highest BCUT2D eigenvalue weighted by molar-refractivity contribution is 5.98. The highest BCUT2D eigenvalue weighted by Gasteiger charge is 2.29. The average molecular weight is 365 g/mol. The zero-order valence-electron chi connectivity index (χ0n) is 15.1. The molecular weight excluding hydrogens is 345 g/mol. The molecule has 2 aromatic carbocycles. The first-order chi connectivity index (χ1) is 13.0. The third kappa shape index (κ3) is 3.23. The summed E-state index contributed by atoms with van der Waals surface area (Å²) in [6.45, 7) is 0.656. The fourth-order valence-corrected chi connectivity index (χ4v) is 3.72. The minimum atomic E-state index is -0.283.